The number of hydrogen-bond donors (Lipinski definition) is 1. The predicted octanol–water partition coefficient (Wildman–Crippen LogP) is 2.58. The van der Waals surface area contributed by atoms with Crippen LogP contribution in [0.1, 0.15) is 26.0 Å². The second-order valence-electron chi connectivity index (χ2n) is 5.09. The minimum absolute atomic E-state index is 0.672. The summed E-state index contributed by atoms with van der Waals surface area (Å²) in [6.07, 6.45) is 3.29. The third-order valence-corrected chi connectivity index (χ3v) is 3.90. The van der Waals surface area contributed by atoms with E-state index in [1.807, 2.05) is 6.20 Å². The van der Waals surface area contributed by atoms with Crippen molar-refractivity contribution in [2.75, 3.05) is 13.1 Å². The van der Waals surface area contributed by atoms with E-state index in [9.17, 15) is 0 Å². The lowest BCUT2D eigenvalue weighted by Gasteiger charge is -2.20. The summed E-state index contributed by atoms with van der Waals surface area (Å²) < 4.78 is 3.09. The molecular formula is C12H21N3S. The molecule has 1 saturated heterocycles. The molecule has 2 rings (SSSR count). The number of aromatic amines is 1. The molecule has 1 aromatic rings. The van der Waals surface area contributed by atoms with E-state index in [0.29, 0.717) is 6.04 Å². The van der Waals surface area contributed by atoms with Crippen molar-refractivity contribution in [2.24, 2.45) is 5.92 Å². The van der Waals surface area contributed by atoms with Crippen LogP contribution in [0.5, 0.6) is 0 Å². The summed E-state index contributed by atoms with van der Waals surface area (Å²) in [5, 5.41) is 0. The Morgan fingerprint density at radius 1 is 1.56 bits per heavy atom. The van der Waals surface area contributed by atoms with Gasteiger partial charge < -0.3 is 14.5 Å². The fourth-order valence-corrected chi connectivity index (χ4v) is 2.73. The largest absolute Gasteiger partial charge is 0.337 e. The maximum absolute atomic E-state index is 5.28. The number of likely N-dealkylation sites (tertiary alicyclic amines) is 1. The summed E-state index contributed by atoms with van der Waals surface area (Å²) in [5.74, 6) is 0.753. The van der Waals surface area contributed by atoms with Crippen molar-refractivity contribution >= 4 is 12.2 Å². The van der Waals surface area contributed by atoms with Gasteiger partial charge in [-0.05, 0) is 51.9 Å². The van der Waals surface area contributed by atoms with Crippen molar-refractivity contribution in [3.05, 3.63) is 16.7 Å². The van der Waals surface area contributed by atoms with Crippen molar-refractivity contribution in [2.45, 2.75) is 39.8 Å². The maximum atomic E-state index is 5.28. The number of nitrogens with zero attached hydrogens (tertiary/aromatic N) is 2. The molecule has 0 amide bonds. The van der Waals surface area contributed by atoms with Crippen LogP contribution in [-0.4, -0.2) is 33.6 Å². The second-order valence-corrected chi connectivity index (χ2v) is 5.48. The Bertz CT molecular complexity index is 405. The third kappa shape index (κ3) is 2.38. The molecule has 0 saturated carbocycles. The summed E-state index contributed by atoms with van der Waals surface area (Å²) in [4.78, 5) is 5.66. The molecule has 0 aliphatic carbocycles. The van der Waals surface area contributed by atoms with E-state index in [1.54, 1.807) is 0 Å². The Hall–Kier alpha value is -0.610. The lowest BCUT2D eigenvalue weighted by atomic mass is 10.1. The second kappa shape index (κ2) is 4.72. The van der Waals surface area contributed by atoms with Gasteiger partial charge >= 0.3 is 0 Å². The molecule has 4 heteroatoms. The van der Waals surface area contributed by atoms with Crippen molar-refractivity contribution in [3.63, 3.8) is 0 Å². The zero-order valence-electron chi connectivity index (χ0n) is 10.4. The monoisotopic (exact) mass is 239 g/mol. The summed E-state index contributed by atoms with van der Waals surface area (Å²) in [6.45, 7) is 10.2. The highest BCUT2D eigenvalue weighted by Crippen LogP contribution is 2.20. The van der Waals surface area contributed by atoms with E-state index >= 15 is 0 Å². The molecule has 0 radical (unpaired) electrons. The Morgan fingerprint density at radius 3 is 2.81 bits per heavy atom. The number of aryl methyl sites for hydroxylation is 1. The summed E-state index contributed by atoms with van der Waals surface area (Å²) in [6, 6.07) is 0.672. The Kier molecular flexibility index (Phi) is 3.50. The number of H-pyrrole nitrogens is 1. The first-order chi connectivity index (χ1) is 7.58. The van der Waals surface area contributed by atoms with Gasteiger partial charge in [-0.15, -0.1) is 0 Å². The Morgan fingerprint density at radius 2 is 2.31 bits per heavy atom. The summed E-state index contributed by atoms with van der Waals surface area (Å²) >= 11 is 5.28. The highest BCUT2D eigenvalue weighted by Gasteiger charge is 2.24. The van der Waals surface area contributed by atoms with Gasteiger partial charge in [-0.1, -0.05) is 0 Å². The average molecular weight is 239 g/mol. The minimum Gasteiger partial charge on any atom is -0.337 e. The SMILES string of the molecule is Cc1c[nH]c(=S)n1CC1CCN(C(C)C)C1. The standard InChI is InChI=1S/C12H21N3S/c1-9(2)14-5-4-11(7-14)8-15-10(3)6-13-12(15)16/h6,9,11H,4-5,7-8H2,1-3H3,(H,13,16). The Balaban J connectivity index is 2.00. The third-order valence-electron chi connectivity index (χ3n) is 3.56. The number of hydrogen-bond acceptors (Lipinski definition) is 2. The molecule has 0 bridgehead atoms. The highest BCUT2D eigenvalue weighted by atomic mass is 32.1. The molecule has 16 heavy (non-hydrogen) atoms. The fraction of sp³-hybridized carbons (Fsp3) is 0.750. The minimum atomic E-state index is 0.672. The van der Waals surface area contributed by atoms with Gasteiger partial charge in [-0.25, -0.2) is 0 Å². The van der Waals surface area contributed by atoms with Crippen LogP contribution in [0.2, 0.25) is 0 Å². The van der Waals surface area contributed by atoms with Crippen LogP contribution in [0.4, 0.5) is 0 Å². The van der Waals surface area contributed by atoms with Gasteiger partial charge in [0, 0.05) is 31.0 Å². The zero-order chi connectivity index (χ0) is 11.7. The van der Waals surface area contributed by atoms with Crippen LogP contribution >= 0.6 is 12.2 Å². The van der Waals surface area contributed by atoms with Crippen molar-refractivity contribution < 1.29 is 0 Å². The molecular weight excluding hydrogens is 218 g/mol. The molecule has 3 nitrogen and oxygen atoms in total. The quantitative estimate of drug-likeness (QED) is 0.820. The lowest BCUT2D eigenvalue weighted by molar-refractivity contribution is 0.260. The van der Waals surface area contributed by atoms with Crippen LogP contribution in [0.3, 0.4) is 0 Å². The van der Waals surface area contributed by atoms with Crippen molar-refractivity contribution in [1.29, 1.82) is 0 Å². The zero-order valence-corrected chi connectivity index (χ0v) is 11.2. The first kappa shape index (κ1) is 11.9. The molecule has 1 aliphatic rings. The number of nitrogens with one attached hydrogen (secondary N) is 1. The van der Waals surface area contributed by atoms with E-state index in [-0.39, 0.29) is 0 Å². The first-order valence-electron chi connectivity index (χ1n) is 6.07. The van der Waals surface area contributed by atoms with Gasteiger partial charge in [0.25, 0.3) is 0 Å². The number of imidazole rings is 1. The van der Waals surface area contributed by atoms with Crippen LogP contribution in [-0.2, 0) is 6.54 Å². The van der Waals surface area contributed by atoms with E-state index < -0.39 is 0 Å². The van der Waals surface area contributed by atoms with Crippen LogP contribution in [0.25, 0.3) is 0 Å². The molecule has 1 aromatic heterocycles. The van der Waals surface area contributed by atoms with Gasteiger partial charge in [0.1, 0.15) is 0 Å². The van der Waals surface area contributed by atoms with Crippen LogP contribution < -0.4 is 0 Å². The molecule has 1 unspecified atom stereocenters. The highest BCUT2D eigenvalue weighted by molar-refractivity contribution is 7.71. The van der Waals surface area contributed by atoms with Gasteiger partial charge in [-0.3, -0.25) is 0 Å². The number of rotatable bonds is 3. The van der Waals surface area contributed by atoms with E-state index in [2.05, 4.69) is 35.2 Å². The van der Waals surface area contributed by atoms with Gasteiger partial charge in [-0.2, -0.15) is 0 Å². The van der Waals surface area contributed by atoms with E-state index in [4.69, 9.17) is 12.2 Å². The summed E-state index contributed by atoms with van der Waals surface area (Å²) in [5.41, 5.74) is 1.24. The van der Waals surface area contributed by atoms with Gasteiger partial charge in [0.2, 0.25) is 0 Å². The van der Waals surface area contributed by atoms with Crippen LogP contribution in [0, 0.1) is 17.6 Å². The summed E-state index contributed by atoms with van der Waals surface area (Å²) in [7, 11) is 0. The number of aromatic nitrogens is 2. The molecule has 1 fully saturated rings. The predicted molar refractivity (Wildman–Crippen MR) is 69.2 cm³/mol. The average Bonchev–Trinajstić information content (AvgIpc) is 2.80. The Labute approximate surface area is 102 Å². The van der Waals surface area contributed by atoms with Crippen LogP contribution in [0.15, 0.2) is 6.20 Å². The fourth-order valence-electron chi connectivity index (χ4n) is 2.45. The first-order valence-corrected chi connectivity index (χ1v) is 6.47. The molecule has 0 aromatic carbocycles. The lowest BCUT2D eigenvalue weighted by Crippen LogP contribution is -2.28. The molecule has 1 atom stereocenters. The molecule has 90 valence electrons. The normalized spacial score (nSPS) is 22.1. The molecule has 1 aliphatic heterocycles. The van der Waals surface area contributed by atoms with Gasteiger partial charge in [0.15, 0.2) is 4.77 Å². The molecule has 1 N–H and O–H groups in total. The van der Waals surface area contributed by atoms with Crippen molar-refractivity contribution in [3.8, 4) is 0 Å². The van der Waals surface area contributed by atoms with E-state index in [1.165, 1.54) is 25.2 Å². The maximum Gasteiger partial charge on any atom is 0.177 e. The van der Waals surface area contributed by atoms with Crippen molar-refractivity contribution in [1.82, 2.24) is 14.5 Å². The smallest absolute Gasteiger partial charge is 0.177 e. The molecule has 2 heterocycles. The van der Waals surface area contributed by atoms with Gasteiger partial charge in [0.05, 0.1) is 0 Å². The van der Waals surface area contributed by atoms with E-state index in [0.717, 1.165) is 17.2 Å². The molecule has 0 spiro atoms. The topological polar surface area (TPSA) is 24.0 Å².